The molecule has 1 aromatic heterocycles. The van der Waals surface area contributed by atoms with Gasteiger partial charge in [0.2, 0.25) is 0 Å². The number of carbonyl (C=O) groups excluding carboxylic acids is 1. The van der Waals surface area contributed by atoms with E-state index in [9.17, 15) is 13.6 Å². The normalized spacial score (nSPS) is 10.6. The third kappa shape index (κ3) is 4.08. The number of nitrogens with one attached hydrogen (secondary N) is 1. The number of rotatable bonds is 5. The number of hydrogen-bond donors (Lipinski definition) is 1. The van der Waals surface area contributed by atoms with Crippen LogP contribution in [0.4, 0.5) is 14.5 Å². The van der Waals surface area contributed by atoms with Gasteiger partial charge < -0.3 is 10.1 Å². The molecule has 0 atom stereocenters. The summed E-state index contributed by atoms with van der Waals surface area (Å²) in [7, 11) is 0. The van der Waals surface area contributed by atoms with E-state index in [0.717, 1.165) is 34.6 Å². The van der Waals surface area contributed by atoms with Gasteiger partial charge >= 0.3 is 0 Å². The van der Waals surface area contributed by atoms with E-state index in [1.54, 1.807) is 6.07 Å². The van der Waals surface area contributed by atoms with Gasteiger partial charge in [-0.2, -0.15) is 0 Å². The summed E-state index contributed by atoms with van der Waals surface area (Å²) in [6.07, 6.45) is 0. The quantitative estimate of drug-likeness (QED) is 0.644. The van der Waals surface area contributed by atoms with Gasteiger partial charge in [0.1, 0.15) is 24.0 Å². The van der Waals surface area contributed by atoms with Crippen molar-refractivity contribution in [1.82, 2.24) is 0 Å². The average Bonchev–Trinajstić information content (AvgIpc) is 3.08. The van der Waals surface area contributed by atoms with Crippen molar-refractivity contribution in [3.63, 3.8) is 0 Å². The van der Waals surface area contributed by atoms with Crippen LogP contribution in [0.5, 0.6) is 5.75 Å². The molecule has 1 heterocycles. The SMILES string of the molecule is Cc1cccc(OCc2csc(C(=O)Nc3ccc(F)cc3F)c2)c1C. The maximum Gasteiger partial charge on any atom is 0.265 e. The number of carbonyl (C=O) groups is 1. The van der Waals surface area contributed by atoms with Crippen LogP contribution in [0.2, 0.25) is 0 Å². The molecule has 6 heteroatoms. The minimum Gasteiger partial charge on any atom is -0.489 e. The third-order valence-electron chi connectivity index (χ3n) is 4.01. The van der Waals surface area contributed by atoms with Crippen LogP contribution in [0.15, 0.2) is 47.8 Å². The summed E-state index contributed by atoms with van der Waals surface area (Å²) in [5.74, 6) is -1.15. The Morgan fingerprint density at radius 1 is 1.15 bits per heavy atom. The van der Waals surface area contributed by atoms with Gasteiger partial charge in [0.15, 0.2) is 0 Å². The number of anilines is 1. The molecule has 0 fully saturated rings. The fraction of sp³-hybridized carbons (Fsp3) is 0.150. The van der Waals surface area contributed by atoms with Crippen molar-refractivity contribution in [1.29, 1.82) is 0 Å². The van der Waals surface area contributed by atoms with Crippen molar-refractivity contribution in [3.05, 3.63) is 81.0 Å². The predicted molar refractivity (Wildman–Crippen MR) is 98.9 cm³/mol. The third-order valence-corrected chi connectivity index (χ3v) is 4.98. The fourth-order valence-electron chi connectivity index (χ4n) is 2.39. The minimum atomic E-state index is -0.812. The molecule has 0 aliphatic carbocycles. The molecule has 1 N–H and O–H groups in total. The van der Waals surface area contributed by atoms with Crippen molar-refractivity contribution in [2.75, 3.05) is 5.32 Å². The minimum absolute atomic E-state index is 0.0574. The molecule has 1 amide bonds. The highest BCUT2D eigenvalue weighted by Crippen LogP contribution is 2.24. The highest BCUT2D eigenvalue weighted by Gasteiger charge is 2.13. The summed E-state index contributed by atoms with van der Waals surface area (Å²) >= 11 is 1.24. The molecule has 0 radical (unpaired) electrons. The monoisotopic (exact) mass is 373 g/mol. The number of aryl methyl sites for hydroxylation is 1. The summed E-state index contributed by atoms with van der Waals surface area (Å²) in [5, 5.41) is 4.27. The van der Waals surface area contributed by atoms with E-state index in [-0.39, 0.29) is 5.69 Å². The topological polar surface area (TPSA) is 38.3 Å². The molecule has 0 saturated heterocycles. The Balaban J connectivity index is 1.65. The summed E-state index contributed by atoms with van der Waals surface area (Å²) in [5.41, 5.74) is 3.01. The zero-order valence-corrected chi connectivity index (χ0v) is 15.1. The first-order chi connectivity index (χ1) is 12.4. The number of halogens is 2. The predicted octanol–water partition coefficient (Wildman–Crippen LogP) is 5.47. The molecule has 0 aliphatic heterocycles. The summed E-state index contributed by atoms with van der Waals surface area (Å²) in [6.45, 7) is 4.34. The lowest BCUT2D eigenvalue weighted by molar-refractivity contribution is 0.103. The van der Waals surface area contributed by atoms with Crippen LogP contribution in [0, 0.1) is 25.5 Å². The van der Waals surface area contributed by atoms with Gasteiger partial charge in [0, 0.05) is 11.6 Å². The highest BCUT2D eigenvalue weighted by atomic mass is 32.1. The lowest BCUT2D eigenvalue weighted by atomic mass is 10.1. The number of benzene rings is 2. The Labute approximate surface area is 154 Å². The van der Waals surface area contributed by atoms with Crippen molar-refractivity contribution >= 4 is 22.9 Å². The Hall–Kier alpha value is -2.73. The van der Waals surface area contributed by atoms with Crippen LogP contribution in [0.25, 0.3) is 0 Å². The van der Waals surface area contributed by atoms with E-state index in [1.165, 1.54) is 17.4 Å². The molecule has 0 bridgehead atoms. The fourth-order valence-corrected chi connectivity index (χ4v) is 3.18. The van der Waals surface area contributed by atoms with Gasteiger partial charge in [-0.15, -0.1) is 11.3 Å². The van der Waals surface area contributed by atoms with Crippen LogP contribution in [-0.2, 0) is 6.61 Å². The van der Waals surface area contributed by atoms with E-state index in [0.29, 0.717) is 11.5 Å². The second kappa shape index (κ2) is 7.66. The second-order valence-electron chi connectivity index (χ2n) is 5.88. The van der Waals surface area contributed by atoms with Gasteiger partial charge in [-0.05, 0) is 54.6 Å². The first-order valence-corrected chi connectivity index (χ1v) is 8.85. The molecule has 0 saturated carbocycles. The molecule has 0 aliphatic rings. The first-order valence-electron chi connectivity index (χ1n) is 7.97. The van der Waals surface area contributed by atoms with Crippen molar-refractivity contribution < 1.29 is 18.3 Å². The molecule has 0 unspecified atom stereocenters. The van der Waals surface area contributed by atoms with Crippen LogP contribution in [-0.4, -0.2) is 5.91 Å². The largest absolute Gasteiger partial charge is 0.489 e. The Morgan fingerprint density at radius 2 is 1.96 bits per heavy atom. The zero-order valence-electron chi connectivity index (χ0n) is 14.3. The van der Waals surface area contributed by atoms with Gasteiger partial charge in [-0.3, -0.25) is 4.79 Å². The molecular weight excluding hydrogens is 356 g/mol. The molecule has 2 aromatic carbocycles. The Bertz CT molecular complexity index is 953. The van der Waals surface area contributed by atoms with E-state index < -0.39 is 17.5 Å². The van der Waals surface area contributed by atoms with Gasteiger partial charge in [-0.25, -0.2) is 8.78 Å². The summed E-state index contributed by atoms with van der Waals surface area (Å²) in [4.78, 5) is 12.7. The average molecular weight is 373 g/mol. The van der Waals surface area contributed by atoms with E-state index in [4.69, 9.17) is 4.74 Å². The van der Waals surface area contributed by atoms with E-state index in [2.05, 4.69) is 5.32 Å². The van der Waals surface area contributed by atoms with Crippen LogP contribution in [0.3, 0.4) is 0 Å². The Kier molecular flexibility index (Phi) is 5.32. The number of ether oxygens (including phenoxy) is 1. The standard InChI is InChI=1S/C20H17F2NO2S/c1-12-4-3-5-18(13(12)2)25-10-14-8-19(26-11-14)20(24)23-17-7-6-15(21)9-16(17)22/h3-9,11H,10H2,1-2H3,(H,23,24). The first kappa shape index (κ1) is 18.1. The molecule has 3 rings (SSSR count). The maximum absolute atomic E-state index is 13.6. The van der Waals surface area contributed by atoms with Crippen molar-refractivity contribution in [2.24, 2.45) is 0 Å². The van der Waals surface area contributed by atoms with Gasteiger partial charge in [0.05, 0.1) is 10.6 Å². The van der Waals surface area contributed by atoms with Gasteiger partial charge in [0.25, 0.3) is 5.91 Å². The molecule has 3 nitrogen and oxygen atoms in total. The van der Waals surface area contributed by atoms with E-state index in [1.807, 2.05) is 37.4 Å². The molecule has 134 valence electrons. The number of amides is 1. The summed E-state index contributed by atoms with van der Waals surface area (Å²) < 4.78 is 32.4. The highest BCUT2D eigenvalue weighted by molar-refractivity contribution is 7.12. The second-order valence-corrected chi connectivity index (χ2v) is 6.80. The molecule has 26 heavy (non-hydrogen) atoms. The van der Waals surface area contributed by atoms with Crippen LogP contribution >= 0.6 is 11.3 Å². The van der Waals surface area contributed by atoms with Crippen LogP contribution in [0.1, 0.15) is 26.4 Å². The zero-order chi connectivity index (χ0) is 18.7. The van der Waals surface area contributed by atoms with Crippen LogP contribution < -0.4 is 10.1 Å². The molecule has 0 spiro atoms. The van der Waals surface area contributed by atoms with E-state index >= 15 is 0 Å². The summed E-state index contributed by atoms with van der Waals surface area (Å²) in [6, 6.07) is 10.6. The van der Waals surface area contributed by atoms with Gasteiger partial charge in [-0.1, -0.05) is 12.1 Å². The molecule has 3 aromatic rings. The molecular formula is C20H17F2NO2S. The maximum atomic E-state index is 13.6. The number of thiophene rings is 1. The lowest BCUT2D eigenvalue weighted by Crippen LogP contribution is -2.11. The van der Waals surface area contributed by atoms with Crippen molar-refractivity contribution in [3.8, 4) is 5.75 Å². The van der Waals surface area contributed by atoms with Crippen molar-refractivity contribution in [2.45, 2.75) is 20.5 Å². The number of hydrogen-bond acceptors (Lipinski definition) is 3. The smallest absolute Gasteiger partial charge is 0.265 e. The Morgan fingerprint density at radius 3 is 2.73 bits per heavy atom. The lowest BCUT2D eigenvalue weighted by Gasteiger charge is -2.09.